The summed E-state index contributed by atoms with van der Waals surface area (Å²) in [6, 6.07) is 7.98. The van der Waals surface area contributed by atoms with Crippen LogP contribution in [0.15, 0.2) is 48.9 Å². The number of aromatic nitrogens is 2. The monoisotopic (exact) mass is 811 g/mol. The van der Waals surface area contributed by atoms with E-state index >= 15 is 0 Å². The maximum atomic E-state index is 13.9. The van der Waals surface area contributed by atoms with Gasteiger partial charge in [-0.15, -0.1) is 0 Å². The highest BCUT2D eigenvalue weighted by atomic mass is 31.2. The van der Waals surface area contributed by atoms with Crippen LogP contribution in [0.3, 0.4) is 0 Å². The third-order valence-electron chi connectivity index (χ3n) is 8.05. The Balaban J connectivity index is 1.62. The molecule has 20 nitrogen and oxygen atoms in total. The van der Waals surface area contributed by atoms with Gasteiger partial charge < -0.3 is 54.9 Å². The number of esters is 2. The van der Waals surface area contributed by atoms with Crippen molar-refractivity contribution in [2.24, 2.45) is 5.92 Å². The maximum absolute atomic E-state index is 13.9. The van der Waals surface area contributed by atoms with Crippen LogP contribution in [0.4, 0.5) is 0 Å². The van der Waals surface area contributed by atoms with E-state index in [4.69, 9.17) is 27.8 Å². The highest BCUT2D eigenvalue weighted by Gasteiger charge is 2.50. The minimum atomic E-state index is -4.65. The van der Waals surface area contributed by atoms with Crippen LogP contribution in [-0.2, 0) is 53.2 Å². The summed E-state index contributed by atoms with van der Waals surface area (Å²) in [6.45, 7) is 3.65. The minimum Gasteiger partial charge on any atom is -0.462 e. The van der Waals surface area contributed by atoms with Crippen LogP contribution in [0.25, 0.3) is 0 Å². The predicted molar refractivity (Wildman–Crippen MR) is 196 cm³/mol. The van der Waals surface area contributed by atoms with Crippen LogP contribution in [0, 0.1) is 5.92 Å². The first kappa shape index (κ1) is 46.5. The Morgan fingerprint density at radius 1 is 0.964 bits per heavy atom. The van der Waals surface area contributed by atoms with Crippen LogP contribution < -0.4 is 16.0 Å². The second-order valence-corrected chi connectivity index (χ2v) is 14.7. The summed E-state index contributed by atoms with van der Waals surface area (Å²) in [5, 5.41) is 39.9. The van der Waals surface area contributed by atoms with Crippen molar-refractivity contribution in [3.05, 3.63) is 60.2 Å². The molecule has 22 heteroatoms. The van der Waals surface area contributed by atoms with Gasteiger partial charge in [0, 0.05) is 45.8 Å². The number of nitrogens with one attached hydrogen (secondary N) is 3. The lowest BCUT2D eigenvalue weighted by Crippen LogP contribution is -2.55. The number of aliphatic hydroxyl groups excluding tert-OH is 3. The third-order valence-corrected chi connectivity index (χ3v) is 9.03. The van der Waals surface area contributed by atoms with Gasteiger partial charge >= 0.3 is 26.9 Å². The zero-order chi connectivity index (χ0) is 41.3. The number of amides is 2. The first-order valence-electron chi connectivity index (χ1n) is 17.9. The van der Waals surface area contributed by atoms with Crippen molar-refractivity contribution < 1.29 is 71.8 Å². The van der Waals surface area contributed by atoms with Crippen molar-refractivity contribution in [1.29, 1.82) is 0 Å². The average molecular weight is 812 g/mol. The van der Waals surface area contributed by atoms with E-state index in [9.17, 15) is 44.0 Å². The van der Waals surface area contributed by atoms with Crippen molar-refractivity contribution >= 4 is 38.7 Å². The van der Waals surface area contributed by atoms with Crippen LogP contribution >= 0.6 is 7.82 Å². The molecule has 0 saturated carbocycles. The van der Waals surface area contributed by atoms with Crippen LogP contribution in [0.5, 0.6) is 0 Å². The normalized spacial score (nSPS) is 19.3. The summed E-state index contributed by atoms with van der Waals surface area (Å²) >= 11 is 0. The van der Waals surface area contributed by atoms with E-state index in [1.54, 1.807) is 12.1 Å². The summed E-state index contributed by atoms with van der Waals surface area (Å²) < 4.78 is 43.9. The Kier molecular flexibility index (Phi) is 19.4. The summed E-state index contributed by atoms with van der Waals surface area (Å²) in [5.41, 5.74) is 0.782. The summed E-state index contributed by atoms with van der Waals surface area (Å²) in [5.74, 6) is -3.41. The van der Waals surface area contributed by atoms with E-state index < -0.39 is 101 Å². The molecule has 6 unspecified atom stereocenters. The van der Waals surface area contributed by atoms with Crippen molar-refractivity contribution in [1.82, 2.24) is 25.9 Å². The van der Waals surface area contributed by atoms with Crippen LogP contribution in [0.2, 0.25) is 0 Å². The molecular weight excluding hydrogens is 760 g/mol. The molecule has 2 heterocycles. The Bertz CT molecular complexity index is 1580. The number of carbonyl (C=O) groups is 4. The Morgan fingerprint density at radius 2 is 1.66 bits per heavy atom. The van der Waals surface area contributed by atoms with E-state index in [0.29, 0.717) is 6.42 Å². The molecule has 0 radical (unpaired) electrons. The van der Waals surface area contributed by atoms with Crippen molar-refractivity contribution in [3.63, 3.8) is 0 Å². The van der Waals surface area contributed by atoms with E-state index in [1.807, 2.05) is 32.0 Å². The van der Waals surface area contributed by atoms with Gasteiger partial charge in [-0.1, -0.05) is 44.2 Å². The van der Waals surface area contributed by atoms with Gasteiger partial charge in [0.05, 0.1) is 50.3 Å². The number of hydrogen-bond acceptors (Lipinski definition) is 17. The lowest BCUT2D eigenvalue weighted by atomic mass is 9.74. The fourth-order valence-electron chi connectivity index (χ4n) is 5.52. The lowest BCUT2D eigenvalue weighted by Gasteiger charge is -2.26. The molecule has 1 aliphatic heterocycles. The largest absolute Gasteiger partial charge is 0.481 e. The Hall–Kier alpha value is -3.89. The number of aliphatic hydroxyl groups is 3. The number of phosphoric acid groups is 1. The number of phosphoric ester groups is 1. The van der Waals surface area contributed by atoms with Crippen molar-refractivity contribution in [2.75, 3.05) is 39.5 Å². The SMILES string of the molecule is CC(=O)OCC(COP(=O)(O)OCCNCC(O)C1OB([C@H](CC(C)C)NC(=O)C(Cc2ccccc2)NC(=O)c2cnccn2)O[C@@H]1C(O)CO)OC(C)=O. The average Bonchev–Trinajstić information content (AvgIpc) is 3.61. The number of ether oxygens (including phenoxy) is 2. The molecule has 1 fully saturated rings. The fraction of sp³-hybridized carbons (Fsp3) is 0.588. The Labute approximate surface area is 324 Å². The molecule has 1 aromatic carbocycles. The molecule has 0 bridgehead atoms. The van der Waals surface area contributed by atoms with Crippen LogP contribution in [0.1, 0.15) is 50.2 Å². The van der Waals surface area contributed by atoms with Gasteiger partial charge in [0.2, 0.25) is 5.91 Å². The van der Waals surface area contributed by atoms with Gasteiger partial charge in [-0.2, -0.15) is 0 Å². The molecule has 1 saturated heterocycles. The minimum absolute atomic E-state index is 0.00554. The molecule has 2 aromatic rings. The van der Waals surface area contributed by atoms with E-state index in [1.165, 1.54) is 18.6 Å². The summed E-state index contributed by atoms with van der Waals surface area (Å²) in [4.78, 5) is 67.2. The number of carbonyl (C=O) groups excluding carboxylic acids is 4. The third kappa shape index (κ3) is 16.3. The quantitative estimate of drug-likeness (QED) is 0.0292. The molecular formula is C34H51BN5O15P. The molecule has 8 atom stereocenters. The van der Waals surface area contributed by atoms with Crippen molar-refractivity contribution in [2.45, 2.75) is 83.0 Å². The smallest absolute Gasteiger partial charge is 0.462 e. The zero-order valence-corrected chi connectivity index (χ0v) is 32.5. The van der Waals surface area contributed by atoms with Crippen LogP contribution in [-0.4, -0.2) is 143 Å². The molecule has 1 aliphatic rings. The first-order chi connectivity index (χ1) is 26.6. The highest BCUT2D eigenvalue weighted by molar-refractivity contribution is 7.47. The summed E-state index contributed by atoms with van der Waals surface area (Å²) in [6.07, 6.45) is -1.95. The number of nitrogens with zero attached hydrogens (tertiary/aromatic N) is 2. The lowest BCUT2D eigenvalue weighted by molar-refractivity contribution is -0.158. The molecule has 2 amide bonds. The zero-order valence-electron chi connectivity index (χ0n) is 31.6. The fourth-order valence-corrected chi connectivity index (χ4v) is 6.27. The first-order valence-corrected chi connectivity index (χ1v) is 19.4. The number of benzene rings is 1. The second kappa shape index (κ2) is 23.4. The number of hydrogen-bond donors (Lipinski definition) is 7. The molecule has 3 rings (SSSR count). The van der Waals surface area contributed by atoms with E-state index in [2.05, 4.69) is 25.9 Å². The van der Waals surface area contributed by atoms with Gasteiger partial charge in [-0.05, 0) is 17.9 Å². The molecule has 56 heavy (non-hydrogen) atoms. The Morgan fingerprint density at radius 3 is 2.27 bits per heavy atom. The maximum Gasteiger partial charge on any atom is 0.481 e. The summed E-state index contributed by atoms with van der Waals surface area (Å²) in [7, 11) is -5.84. The molecule has 310 valence electrons. The van der Waals surface area contributed by atoms with Gasteiger partial charge in [-0.3, -0.25) is 33.2 Å². The van der Waals surface area contributed by atoms with Gasteiger partial charge in [0.15, 0.2) is 6.10 Å². The molecule has 0 spiro atoms. The van der Waals surface area contributed by atoms with Gasteiger partial charge in [-0.25, -0.2) is 9.55 Å². The standard InChI is InChI=1S/C34H51BN5O15P/c1-21(2)14-30(40-33(46)26(15-24-8-6-5-7-9-24)39-34(47)27-16-36-10-11-38-27)35-54-31(32(55-35)29(45)18-41)28(44)17-37-12-13-51-56(48,49)52-20-25(53-23(4)43)19-50-22(3)42/h5-11,16,21,25-26,28-32,37,41,44-45H,12-15,17-20H2,1-4H3,(H,39,47)(H,40,46)(H,48,49)/t25?,26?,28?,29?,30-,31?,32+/m0/s1. The molecule has 7 N–H and O–H groups in total. The second-order valence-electron chi connectivity index (χ2n) is 13.3. The van der Waals surface area contributed by atoms with E-state index in [-0.39, 0.29) is 37.7 Å². The predicted octanol–water partition coefficient (Wildman–Crippen LogP) is -0.908. The topological polar surface area (TPSA) is 284 Å². The van der Waals surface area contributed by atoms with Crippen molar-refractivity contribution in [3.8, 4) is 0 Å². The van der Waals surface area contributed by atoms with E-state index in [0.717, 1.165) is 19.4 Å². The molecule has 1 aromatic heterocycles. The van der Waals surface area contributed by atoms with Gasteiger partial charge in [0.25, 0.3) is 5.91 Å². The highest BCUT2D eigenvalue weighted by Crippen LogP contribution is 2.43. The molecule has 0 aliphatic carbocycles. The number of rotatable bonds is 24. The van der Waals surface area contributed by atoms with Gasteiger partial charge in [0.1, 0.15) is 24.4 Å².